The van der Waals surface area contributed by atoms with Crippen LogP contribution < -0.4 is 5.32 Å². The highest BCUT2D eigenvalue weighted by atomic mass is 14.9. The third kappa shape index (κ3) is 1.87. The lowest BCUT2D eigenvalue weighted by Gasteiger charge is -2.19. The van der Waals surface area contributed by atoms with Gasteiger partial charge in [-0.3, -0.25) is 0 Å². The van der Waals surface area contributed by atoms with Crippen LogP contribution in [0.25, 0.3) is 0 Å². The second-order valence-corrected chi connectivity index (χ2v) is 3.56. The SMILES string of the molecule is CC(C1=CC=CCN1)c1ccccc1. The fourth-order valence-corrected chi connectivity index (χ4v) is 1.69. The second-order valence-electron chi connectivity index (χ2n) is 3.56. The molecule has 0 aromatic heterocycles. The molecule has 0 radical (unpaired) electrons. The van der Waals surface area contributed by atoms with Crippen LogP contribution in [0, 0.1) is 0 Å². The van der Waals surface area contributed by atoms with Gasteiger partial charge in [0, 0.05) is 18.2 Å². The quantitative estimate of drug-likeness (QED) is 0.747. The number of allylic oxidation sites excluding steroid dienone is 3. The molecule has 0 spiro atoms. The Hall–Kier alpha value is -1.50. The normalized spacial score (nSPS) is 17.1. The molecule has 1 aliphatic rings. The van der Waals surface area contributed by atoms with Crippen LogP contribution in [0.15, 0.2) is 54.3 Å². The number of benzene rings is 1. The molecule has 1 N–H and O–H groups in total. The highest BCUT2D eigenvalue weighted by Gasteiger charge is 2.10. The van der Waals surface area contributed by atoms with E-state index in [9.17, 15) is 0 Å². The van der Waals surface area contributed by atoms with Crippen molar-refractivity contribution in [3.05, 3.63) is 59.8 Å². The zero-order chi connectivity index (χ0) is 9.80. The zero-order valence-corrected chi connectivity index (χ0v) is 8.40. The molecule has 1 nitrogen and oxygen atoms in total. The van der Waals surface area contributed by atoms with Gasteiger partial charge in [0.1, 0.15) is 0 Å². The molecule has 0 saturated carbocycles. The lowest BCUT2D eigenvalue weighted by atomic mass is 9.96. The Labute approximate surface area is 85.2 Å². The topological polar surface area (TPSA) is 12.0 Å². The molecule has 1 aliphatic heterocycles. The molecule has 0 fully saturated rings. The summed E-state index contributed by atoms with van der Waals surface area (Å²) in [5, 5.41) is 3.39. The number of nitrogens with one attached hydrogen (secondary N) is 1. The fourth-order valence-electron chi connectivity index (χ4n) is 1.69. The van der Waals surface area contributed by atoms with Crippen molar-refractivity contribution in [2.75, 3.05) is 6.54 Å². The molecule has 1 heterocycles. The third-order valence-corrected chi connectivity index (χ3v) is 2.60. The predicted octanol–water partition coefficient (Wildman–Crippen LogP) is 2.83. The molecule has 14 heavy (non-hydrogen) atoms. The van der Waals surface area contributed by atoms with E-state index in [2.05, 4.69) is 60.8 Å². The van der Waals surface area contributed by atoms with Crippen molar-refractivity contribution in [3.8, 4) is 0 Å². The van der Waals surface area contributed by atoms with Gasteiger partial charge in [0.25, 0.3) is 0 Å². The Balaban J connectivity index is 2.19. The van der Waals surface area contributed by atoms with Gasteiger partial charge in [0.05, 0.1) is 0 Å². The van der Waals surface area contributed by atoms with Crippen LogP contribution in [0.4, 0.5) is 0 Å². The van der Waals surface area contributed by atoms with Crippen molar-refractivity contribution in [2.45, 2.75) is 12.8 Å². The van der Waals surface area contributed by atoms with Crippen LogP contribution in [0.2, 0.25) is 0 Å². The maximum absolute atomic E-state index is 3.39. The third-order valence-electron chi connectivity index (χ3n) is 2.60. The van der Waals surface area contributed by atoms with Crippen molar-refractivity contribution in [3.63, 3.8) is 0 Å². The van der Waals surface area contributed by atoms with E-state index in [1.54, 1.807) is 0 Å². The van der Waals surface area contributed by atoms with Crippen molar-refractivity contribution in [2.24, 2.45) is 0 Å². The van der Waals surface area contributed by atoms with E-state index in [0.717, 1.165) is 6.54 Å². The summed E-state index contributed by atoms with van der Waals surface area (Å²) >= 11 is 0. The first kappa shape index (κ1) is 9.07. The smallest absolute Gasteiger partial charge is 0.0331 e. The highest BCUT2D eigenvalue weighted by Crippen LogP contribution is 2.22. The van der Waals surface area contributed by atoms with Crippen molar-refractivity contribution in [1.82, 2.24) is 5.32 Å². The number of dihydropyridines is 1. The van der Waals surface area contributed by atoms with Gasteiger partial charge in [-0.1, -0.05) is 49.4 Å². The van der Waals surface area contributed by atoms with Gasteiger partial charge in [-0.2, -0.15) is 0 Å². The van der Waals surface area contributed by atoms with E-state index < -0.39 is 0 Å². The molecule has 1 unspecified atom stereocenters. The standard InChI is InChI=1S/C13H15N/c1-11(12-7-3-2-4-8-12)13-9-5-6-10-14-13/h2-9,11,14H,10H2,1H3. The van der Waals surface area contributed by atoms with Gasteiger partial charge < -0.3 is 5.32 Å². The van der Waals surface area contributed by atoms with Crippen LogP contribution in [0.5, 0.6) is 0 Å². The van der Waals surface area contributed by atoms with E-state index in [1.807, 2.05) is 0 Å². The minimum atomic E-state index is 0.459. The summed E-state index contributed by atoms with van der Waals surface area (Å²) in [6, 6.07) is 10.6. The summed E-state index contributed by atoms with van der Waals surface area (Å²) < 4.78 is 0. The Morgan fingerprint density at radius 3 is 2.64 bits per heavy atom. The summed E-state index contributed by atoms with van der Waals surface area (Å²) in [5.74, 6) is 0.459. The first-order valence-electron chi connectivity index (χ1n) is 5.03. The van der Waals surface area contributed by atoms with Gasteiger partial charge in [-0.05, 0) is 11.6 Å². The summed E-state index contributed by atoms with van der Waals surface area (Å²) in [6.07, 6.45) is 6.40. The summed E-state index contributed by atoms with van der Waals surface area (Å²) in [5.41, 5.74) is 2.67. The van der Waals surface area contributed by atoms with Gasteiger partial charge >= 0.3 is 0 Å². The lowest BCUT2D eigenvalue weighted by Crippen LogP contribution is -2.19. The van der Waals surface area contributed by atoms with Crippen LogP contribution in [0.3, 0.4) is 0 Å². The summed E-state index contributed by atoms with van der Waals surface area (Å²) in [6.45, 7) is 3.18. The Bertz CT molecular complexity index is 349. The van der Waals surface area contributed by atoms with Gasteiger partial charge in [0.2, 0.25) is 0 Å². The summed E-state index contributed by atoms with van der Waals surface area (Å²) in [7, 11) is 0. The van der Waals surface area contributed by atoms with Crippen LogP contribution in [-0.2, 0) is 0 Å². The largest absolute Gasteiger partial charge is 0.384 e. The van der Waals surface area contributed by atoms with Crippen molar-refractivity contribution in [1.29, 1.82) is 0 Å². The first-order valence-corrected chi connectivity index (χ1v) is 5.03. The maximum Gasteiger partial charge on any atom is 0.0331 e. The fraction of sp³-hybridized carbons (Fsp3) is 0.231. The minimum Gasteiger partial charge on any atom is -0.384 e. The molecule has 1 atom stereocenters. The van der Waals surface area contributed by atoms with E-state index in [1.165, 1.54) is 11.3 Å². The van der Waals surface area contributed by atoms with Crippen molar-refractivity contribution < 1.29 is 0 Å². The molecule has 0 aliphatic carbocycles. The molecule has 1 aromatic rings. The average Bonchev–Trinajstić information content (AvgIpc) is 2.30. The van der Waals surface area contributed by atoms with Crippen molar-refractivity contribution >= 4 is 0 Å². The minimum absolute atomic E-state index is 0.459. The van der Waals surface area contributed by atoms with Gasteiger partial charge in [-0.15, -0.1) is 0 Å². The monoisotopic (exact) mass is 185 g/mol. The van der Waals surface area contributed by atoms with Crippen LogP contribution in [-0.4, -0.2) is 6.54 Å². The zero-order valence-electron chi connectivity index (χ0n) is 8.40. The lowest BCUT2D eigenvalue weighted by molar-refractivity contribution is 0.753. The van der Waals surface area contributed by atoms with E-state index in [0.29, 0.717) is 5.92 Å². The maximum atomic E-state index is 3.39. The molecular weight excluding hydrogens is 170 g/mol. The average molecular weight is 185 g/mol. The highest BCUT2D eigenvalue weighted by molar-refractivity contribution is 5.30. The number of rotatable bonds is 2. The van der Waals surface area contributed by atoms with Gasteiger partial charge in [0.15, 0.2) is 0 Å². The predicted molar refractivity (Wildman–Crippen MR) is 60.1 cm³/mol. The van der Waals surface area contributed by atoms with E-state index in [-0.39, 0.29) is 0 Å². The number of hydrogen-bond donors (Lipinski definition) is 1. The molecule has 0 saturated heterocycles. The van der Waals surface area contributed by atoms with E-state index >= 15 is 0 Å². The number of hydrogen-bond acceptors (Lipinski definition) is 1. The molecule has 72 valence electrons. The Morgan fingerprint density at radius 2 is 2.00 bits per heavy atom. The van der Waals surface area contributed by atoms with Gasteiger partial charge in [-0.25, -0.2) is 0 Å². The summed E-state index contributed by atoms with van der Waals surface area (Å²) in [4.78, 5) is 0. The molecule has 2 rings (SSSR count). The molecule has 1 aromatic carbocycles. The molecular formula is C13H15N. The van der Waals surface area contributed by atoms with Crippen LogP contribution in [0.1, 0.15) is 18.4 Å². The van der Waals surface area contributed by atoms with E-state index in [4.69, 9.17) is 0 Å². The second kappa shape index (κ2) is 4.14. The Kier molecular flexibility index (Phi) is 2.68. The molecule has 1 heteroatoms. The molecule has 0 amide bonds. The molecule has 0 bridgehead atoms. The van der Waals surface area contributed by atoms with Crippen LogP contribution >= 0.6 is 0 Å². The first-order chi connectivity index (χ1) is 6.88. The Morgan fingerprint density at radius 1 is 1.21 bits per heavy atom.